The first-order chi connectivity index (χ1) is 15.8. The molecule has 1 saturated heterocycles. The van der Waals surface area contributed by atoms with E-state index in [0.29, 0.717) is 49.9 Å². The van der Waals surface area contributed by atoms with Crippen molar-refractivity contribution in [2.45, 2.75) is 19.3 Å². The minimum absolute atomic E-state index is 0.0574. The van der Waals surface area contributed by atoms with E-state index in [2.05, 4.69) is 15.2 Å². The highest BCUT2D eigenvalue weighted by atomic mass is 19.4. The van der Waals surface area contributed by atoms with Crippen molar-refractivity contribution in [3.05, 3.63) is 83.3 Å². The molecule has 0 atom stereocenters. The van der Waals surface area contributed by atoms with Crippen LogP contribution in [0.25, 0.3) is 0 Å². The zero-order valence-electron chi connectivity index (χ0n) is 17.6. The van der Waals surface area contributed by atoms with Crippen molar-refractivity contribution < 1.29 is 26.8 Å². The van der Waals surface area contributed by atoms with Crippen LogP contribution in [-0.2, 0) is 19.3 Å². The van der Waals surface area contributed by atoms with Crippen LogP contribution < -0.4 is 10.2 Å². The van der Waals surface area contributed by atoms with Gasteiger partial charge in [-0.15, -0.1) is 0 Å². The van der Waals surface area contributed by atoms with Gasteiger partial charge in [-0.2, -0.15) is 13.2 Å². The molecule has 2 aromatic carbocycles. The summed E-state index contributed by atoms with van der Waals surface area (Å²) in [5.74, 6) is -0.426. The van der Waals surface area contributed by atoms with E-state index in [1.165, 1.54) is 24.5 Å². The number of nitrogens with zero attached hydrogens (tertiary/aromatic N) is 3. The third-order valence-corrected chi connectivity index (χ3v) is 5.42. The largest absolute Gasteiger partial charge is 0.447 e. The van der Waals surface area contributed by atoms with Gasteiger partial charge in [-0.1, -0.05) is 24.3 Å². The molecule has 0 aliphatic carbocycles. The van der Waals surface area contributed by atoms with Crippen molar-refractivity contribution in [2.75, 3.05) is 31.1 Å². The summed E-state index contributed by atoms with van der Waals surface area (Å²) in [7, 11) is 0. The highest BCUT2D eigenvalue weighted by molar-refractivity contribution is 5.91. The van der Waals surface area contributed by atoms with Gasteiger partial charge >= 0.3 is 6.18 Å². The maximum Gasteiger partial charge on any atom is 0.416 e. The molecular formula is C23H22F4N4O2. The number of oxazole rings is 1. The molecule has 6 nitrogen and oxygen atoms in total. The maximum absolute atomic E-state index is 14.0. The average Bonchev–Trinajstić information content (AvgIpc) is 3.27. The van der Waals surface area contributed by atoms with Crippen molar-refractivity contribution >= 4 is 11.6 Å². The van der Waals surface area contributed by atoms with Crippen LogP contribution in [0.3, 0.4) is 0 Å². The Labute approximate surface area is 187 Å². The average molecular weight is 462 g/mol. The molecule has 10 heteroatoms. The molecule has 2 heterocycles. The fourth-order valence-electron chi connectivity index (χ4n) is 3.66. The molecular weight excluding hydrogens is 440 g/mol. The number of carbonyl (C=O) groups excluding carboxylic acids is 1. The molecule has 1 N–H and O–H groups in total. The van der Waals surface area contributed by atoms with Crippen LogP contribution in [0.4, 0.5) is 23.2 Å². The first-order valence-corrected chi connectivity index (χ1v) is 10.4. The summed E-state index contributed by atoms with van der Waals surface area (Å²) < 4.78 is 57.8. The van der Waals surface area contributed by atoms with Gasteiger partial charge in [0.2, 0.25) is 5.89 Å². The van der Waals surface area contributed by atoms with E-state index >= 15 is 0 Å². The summed E-state index contributed by atoms with van der Waals surface area (Å²) in [5.41, 5.74) is 0.192. The fraction of sp³-hybridized carbons (Fsp3) is 0.304. The first kappa shape index (κ1) is 22.8. The smallest absolute Gasteiger partial charge is 0.416 e. The van der Waals surface area contributed by atoms with Crippen molar-refractivity contribution in [3.63, 3.8) is 0 Å². The molecule has 1 aliphatic heterocycles. The molecule has 0 saturated carbocycles. The lowest BCUT2D eigenvalue weighted by atomic mass is 10.1. The second-order valence-electron chi connectivity index (χ2n) is 7.72. The monoisotopic (exact) mass is 462 g/mol. The van der Waals surface area contributed by atoms with E-state index in [9.17, 15) is 22.4 Å². The molecule has 33 heavy (non-hydrogen) atoms. The molecule has 0 bridgehead atoms. The zero-order chi connectivity index (χ0) is 23.4. The predicted octanol–water partition coefficient (Wildman–Crippen LogP) is 4.08. The standard InChI is InChI=1S/C23H22F4N4O2/c24-18-6-1-2-7-20(18)31-10-8-30(9-11-31)14-21-29-19(15-33-21)22(32)28-13-16-4-3-5-17(12-16)23(25,26)27/h1-7,12,15H,8-11,13-14H2,(H,28,32). The van der Waals surface area contributed by atoms with Gasteiger partial charge < -0.3 is 14.6 Å². The van der Waals surface area contributed by atoms with E-state index in [1.54, 1.807) is 18.2 Å². The lowest BCUT2D eigenvalue weighted by Gasteiger charge is -2.35. The van der Waals surface area contributed by atoms with Crippen molar-refractivity contribution in [3.8, 4) is 0 Å². The van der Waals surface area contributed by atoms with E-state index in [4.69, 9.17) is 4.42 Å². The lowest BCUT2D eigenvalue weighted by Crippen LogP contribution is -2.46. The number of anilines is 1. The Morgan fingerprint density at radius 1 is 1.06 bits per heavy atom. The number of amides is 1. The lowest BCUT2D eigenvalue weighted by molar-refractivity contribution is -0.137. The number of benzene rings is 2. The first-order valence-electron chi connectivity index (χ1n) is 10.4. The molecule has 4 rings (SSSR count). The molecule has 1 aliphatic rings. The number of piperazine rings is 1. The number of hydrogen-bond acceptors (Lipinski definition) is 5. The van der Waals surface area contributed by atoms with Gasteiger partial charge in [0.05, 0.1) is 17.8 Å². The molecule has 1 amide bonds. The number of alkyl halides is 3. The minimum atomic E-state index is -4.44. The summed E-state index contributed by atoms with van der Waals surface area (Å²) in [6, 6.07) is 11.4. The van der Waals surface area contributed by atoms with Crippen LogP contribution in [0.15, 0.2) is 59.2 Å². The third-order valence-electron chi connectivity index (χ3n) is 5.42. The van der Waals surface area contributed by atoms with Gasteiger partial charge in [0, 0.05) is 32.7 Å². The van der Waals surface area contributed by atoms with Gasteiger partial charge in [-0.05, 0) is 29.8 Å². The third kappa shape index (κ3) is 5.70. The number of halogens is 4. The quantitative estimate of drug-likeness (QED) is 0.560. The Hall–Kier alpha value is -3.40. The summed E-state index contributed by atoms with van der Waals surface area (Å²) in [4.78, 5) is 20.6. The van der Waals surface area contributed by atoms with E-state index in [1.807, 2.05) is 4.90 Å². The minimum Gasteiger partial charge on any atom is -0.447 e. The maximum atomic E-state index is 14.0. The van der Waals surface area contributed by atoms with Gasteiger partial charge in [0.1, 0.15) is 12.1 Å². The van der Waals surface area contributed by atoms with Crippen molar-refractivity contribution in [2.24, 2.45) is 0 Å². The molecule has 0 radical (unpaired) electrons. The predicted molar refractivity (Wildman–Crippen MR) is 113 cm³/mol. The number of hydrogen-bond donors (Lipinski definition) is 1. The van der Waals surface area contributed by atoms with Crippen LogP contribution in [0.2, 0.25) is 0 Å². The van der Waals surface area contributed by atoms with E-state index in [0.717, 1.165) is 12.1 Å². The zero-order valence-corrected chi connectivity index (χ0v) is 17.6. The van der Waals surface area contributed by atoms with Gasteiger partial charge in [-0.25, -0.2) is 9.37 Å². The van der Waals surface area contributed by atoms with Crippen molar-refractivity contribution in [1.29, 1.82) is 0 Å². The Morgan fingerprint density at radius 2 is 1.82 bits per heavy atom. The van der Waals surface area contributed by atoms with Gasteiger partial charge in [0.25, 0.3) is 5.91 Å². The summed E-state index contributed by atoms with van der Waals surface area (Å²) in [6.45, 7) is 2.97. The molecule has 1 fully saturated rings. The number of carbonyl (C=O) groups is 1. The number of aromatic nitrogens is 1. The van der Waals surface area contributed by atoms with E-state index < -0.39 is 17.6 Å². The number of para-hydroxylation sites is 1. The summed E-state index contributed by atoms with van der Waals surface area (Å²) in [6.07, 6.45) is -3.21. The molecule has 0 spiro atoms. The molecule has 0 unspecified atom stereocenters. The second-order valence-corrected chi connectivity index (χ2v) is 7.72. The molecule has 1 aromatic heterocycles. The Balaban J connectivity index is 1.28. The summed E-state index contributed by atoms with van der Waals surface area (Å²) in [5, 5.41) is 2.56. The SMILES string of the molecule is O=C(NCc1cccc(C(F)(F)F)c1)c1coc(CN2CCN(c3ccccc3F)CC2)n1. The Morgan fingerprint density at radius 3 is 2.55 bits per heavy atom. The molecule has 3 aromatic rings. The normalized spacial score (nSPS) is 15.0. The molecule has 174 valence electrons. The van der Waals surface area contributed by atoms with Crippen LogP contribution in [0, 0.1) is 5.82 Å². The Kier molecular flexibility index (Phi) is 6.64. The summed E-state index contributed by atoms with van der Waals surface area (Å²) >= 11 is 0. The van der Waals surface area contributed by atoms with Crippen LogP contribution in [0.5, 0.6) is 0 Å². The van der Waals surface area contributed by atoms with Crippen LogP contribution >= 0.6 is 0 Å². The topological polar surface area (TPSA) is 61.6 Å². The van der Waals surface area contributed by atoms with Gasteiger partial charge in [0.15, 0.2) is 5.69 Å². The number of nitrogens with one attached hydrogen (secondary N) is 1. The van der Waals surface area contributed by atoms with Gasteiger partial charge in [-0.3, -0.25) is 9.69 Å². The Bertz CT molecular complexity index is 1110. The number of rotatable bonds is 6. The van der Waals surface area contributed by atoms with Crippen molar-refractivity contribution in [1.82, 2.24) is 15.2 Å². The van der Waals surface area contributed by atoms with Crippen LogP contribution in [0.1, 0.15) is 27.5 Å². The highest BCUT2D eigenvalue weighted by Crippen LogP contribution is 2.29. The fourth-order valence-corrected chi connectivity index (χ4v) is 3.66. The van der Waals surface area contributed by atoms with E-state index in [-0.39, 0.29) is 18.1 Å². The van der Waals surface area contributed by atoms with Crippen LogP contribution in [-0.4, -0.2) is 42.0 Å². The highest BCUT2D eigenvalue weighted by Gasteiger charge is 2.30. The second kappa shape index (κ2) is 9.62.